The van der Waals surface area contributed by atoms with Crippen LogP contribution < -0.4 is 10.6 Å². The minimum atomic E-state index is -0.331. The minimum Gasteiger partial charge on any atom is -0.342 e. The molecule has 1 atom stereocenters. The Bertz CT molecular complexity index is 1160. The van der Waals surface area contributed by atoms with Gasteiger partial charge in [0.1, 0.15) is 0 Å². The second kappa shape index (κ2) is 11.0. The lowest BCUT2D eigenvalue weighted by molar-refractivity contribution is -0.113. The molecule has 1 aromatic heterocycles. The van der Waals surface area contributed by atoms with E-state index < -0.39 is 0 Å². The van der Waals surface area contributed by atoms with Crippen molar-refractivity contribution in [2.75, 3.05) is 11.1 Å². The standard InChI is InChI=1S/C24H28BrN5O2S/c1-6-30-22(17(5)26-23(32)18-9-7-14(2)8-10-18)28-29-24(30)33-13-21(31)27-20-12-11-19(25)15(3)16(20)4/h7-12,17H,6,13H2,1-5H3,(H,26,32)(H,27,31)/t17-/m0/s1. The highest BCUT2D eigenvalue weighted by molar-refractivity contribution is 9.10. The summed E-state index contributed by atoms with van der Waals surface area (Å²) in [5.74, 6) is 0.580. The molecule has 2 amide bonds. The first kappa shape index (κ1) is 25.0. The van der Waals surface area contributed by atoms with Crippen LogP contribution in [-0.2, 0) is 11.3 Å². The molecule has 0 saturated carbocycles. The third-order valence-corrected chi connectivity index (χ3v) is 7.26. The fourth-order valence-electron chi connectivity index (χ4n) is 3.31. The third-order valence-electron chi connectivity index (χ3n) is 5.44. The number of halogens is 1. The van der Waals surface area contributed by atoms with Crippen LogP contribution in [0.1, 0.15) is 52.8 Å². The first-order valence-corrected chi connectivity index (χ1v) is 12.5. The van der Waals surface area contributed by atoms with Crippen LogP contribution in [0.15, 0.2) is 46.0 Å². The maximum Gasteiger partial charge on any atom is 0.251 e. The van der Waals surface area contributed by atoms with Crippen LogP contribution in [0.4, 0.5) is 5.69 Å². The molecule has 0 bridgehead atoms. The first-order valence-electron chi connectivity index (χ1n) is 10.7. The Balaban J connectivity index is 1.64. The predicted octanol–water partition coefficient (Wildman–Crippen LogP) is 5.21. The van der Waals surface area contributed by atoms with Crippen LogP contribution in [-0.4, -0.2) is 32.3 Å². The number of amides is 2. The molecule has 0 saturated heterocycles. The molecule has 1 heterocycles. The Morgan fingerprint density at radius 1 is 1.06 bits per heavy atom. The van der Waals surface area contributed by atoms with Gasteiger partial charge in [0.25, 0.3) is 5.91 Å². The second-order valence-corrected chi connectivity index (χ2v) is 9.62. The van der Waals surface area contributed by atoms with E-state index in [9.17, 15) is 9.59 Å². The van der Waals surface area contributed by atoms with Gasteiger partial charge in [0.2, 0.25) is 5.91 Å². The average molecular weight is 530 g/mol. The van der Waals surface area contributed by atoms with Crippen molar-refractivity contribution < 1.29 is 9.59 Å². The average Bonchev–Trinajstić information content (AvgIpc) is 3.21. The molecule has 3 aromatic rings. The van der Waals surface area contributed by atoms with Crippen LogP contribution >= 0.6 is 27.7 Å². The number of carbonyl (C=O) groups is 2. The molecule has 2 N–H and O–H groups in total. The number of hydrogen-bond acceptors (Lipinski definition) is 5. The molecule has 0 aliphatic carbocycles. The zero-order valence-corrected chi connectivity index (χ0v) is 21.8. The quantitative estimate of drug-likeness (QED) is 0.391. The molecule has 0 aliphatic heterocycles. The van der Waals surface area contributed by atoms with Gasteiger partial charge >= 0.3 is 0 Å². The summed E-state index contributed by atoms with van der Waals surface area (Å²) in [7, 11) is 0. The fraction of sp³-hybridized carbons (Fsp3) is 0.333. The van der Waals surface area contributed by atoms with Crippen molar-refractivity contribution in [3.63, 3.8) is 0 Å². The molecule has 0 radical (unpaired) electrons. The first-order chi connectivity index (χ1) is 15.7. The zero-order chi connectivity index (χ0) is 24.1. The van der Waals surface area contributed by atoms with Crippen molar-refractivity contribution in [2.45, 2.75) is 52.4 Å². The van der Waals surface area contributed by atoms with Crippen LogP contribution in [0.3, 0.4) is 0 Å². The number of aromatic nitrogens is 3. The molecule has 3 rings (SSSR count). The molecule has 0 fully saturated rings. The van der Waals surface area contributed by atoms with Crippen LogP contribution in [0.2, 0.25) is 0 Å². The molecule has 0 unspecified atom stereocenters. The van der Waals surface area contributed by atoms with E-state index in [2.05, 4.69) is 36.8 Å². The number of hydrogen-bond donors (Lipinski definition) is 2. The number of aryl methyl sites for hydroxylation is 1. The maximum absolute atomic E-state index is 12.6. The largest absolute Gasteiger partial charge is 0.342 e. The Morgan fingerprint density at radius 3 is 2.42 bits per heavy atom. The molecule has 0 spiro atoms. The Labute approximate surface area is 206 Å². The van der Waals surface area contributed by atoms with E-state index in [4.69, 9.17) is 0 Å². The van der Waals surface area contributed by atoms with Gasteiger partial charge in [-0.15, -0.1) is 10.2 Å². The van der Waals surface area contributed by atoms with Crippen molar-refractivity contribution in [2.24, 2.45) is 0 Å². The Hall–Kier alpha value is -2.65. The van der Waals surface area contributed by atoms with E-state index in [0.717, 1.165) is 26.9 Å². The normalized spacial score (nSPS) is 11.8. The van der Waals surface area contributed by atoms with E-state index in [1.165, 1.54) is 11.8 Å². The third kappa shape index (κ3) is 6.03. The van der Waals surface area contributed by atoms with Gasteiger partial charge in [-0.25, -0.2) is 0 Å². The summed E-state index contributed by atoms with van der Waals surface area (Å²) in [6.07, 6.45) is 0. The summed E-state index contributed by atoms with van der Waals surface area (Å²) in [5, 5.41) is 15.1. The maximum atomic E-state index is 12.6. The molecule has 9 heteroatoms. The van der Waals surface area contributed by atoms with Crippen LogP contribution in [0.5, 0.6) is 0 Å². The number of thioether (sulfide) groups is 1. The highest BCUT2D eigenvalue weighted by Gasteiger charge is 2.20. The summed E-state index contributed by atoms with van der Waals surface area (Å²) in [6, 6.07) is 10.9. The monoisotopic (exact) mass is 529 g/mol. The van der Waals surface area contributed by atoms with Crippen LogP contribution in [0.25, 0.3) is 0 Å². The number of nitrogens with zero attached hydrogens (tertiary/aromatic N) is 3. The van der Waals surface area contributed by atoms with Crippen molar-refractivity contribution in [3.8, 4) is 0 Å². The van der Waals surface area contributed by atoms with Gasteiger partial charge in [-0.1, -0.05) is 45.4 Å². The van der Waals surface area contributed by atoms with Gasteiger partial charge in [-0.05, 0) is 70.0 Å². The van der Waals surface area contributed by atoms with E-state index in [1.54, 1.807) is 12.1 Å². The van der Waals surface area contributed by atoms with Gasteiger partial charge in [0.15, 0.2) is 11.0 Å². The highest BCUT2D eigenvalue weighted by Crippen LogP contribution is 2.26. The molecule has 174 valence electrons. The van der Waals surface area contributed by atoms with Crippen molar-refractivity contribution in [1.29, 1.82) is 0 Å². The summed E-state index contributed by atoms with van der Waals surface area (Å²) >= 11 is 4.83. The number of carbonyl (C=O) groups excluding carboxylic acids is 2. The van der Waals surface area contributed by atoms with Crippen molar-refractivity contribution in [3.05, 3.63) is 68.9 Å². The fourth-order valence-corrected chi connectivity index (χ4v) is 4.55. The van der Waals surface area contributed by atoms with Gasteiger partial charge in [-0.3, -0.25) is 9.59 Å². The van der Waals surface area contributed by atoms with E-state index >= 15 is 0 Å². The Kier molecular flexibility index (Phi) is 8.31. The predicted molar refractivity (Wildman–Crippen MR) is 136 cm³/mol. The lowest BCUT2D eigenvalue weighted by Gasteiger charge is -2.15. The second-order valence-electron chi connectivity index (χ2n) is 7.83. The molecule has 7 nitrogen and oxygen atoms in total. The smallest absolute Gasteiger partial charge is 0.251 e. The lowest BCUT2D eigenvalue weighted by atomic mass is 10.1. The molecular formula is C24H28BrN5O2S. The molecular weight excluding hydrogens is 502 g/mol. The number of nitrogens with one attached hydrogen (secondary N) is 2. The summed E-state index contributed by atoms with van der Waals surface area (Å²) in [5.41, 5.74) is 4.62. The van der Waals surface area contributed by atoms with Crippen LogP contribution in [0, 0.1) is 20.8 Å². The number of benzene rings is 2. The van der Waals surface area contributed by atoms with Gasteiger partial charge in [0.05, 0.1) is 11.8 Å². The lowest BCUT2D eigenvalue weighted by Crippen LogP contribution is -2.28. The van der Waals surface area contributed by atoms with Crippen molar-refractivity contribution in [1.82, 2.24) is 20.1 Å². The van der Waals surface area contributed by atoms with E-state index in [0.29, 0.717) is 23.1 Å². The Morgan fingerprint density at radius 2 is 1.76 bits per heavy atom. The number of rotatable bonds is 8. The SMILES string of the molecule is CCn1c(SCC(=O)Nc2ccc(Br)c(C)c2C)nnc1[C@H](C)NC(=O)c1ccc(C)cc1. The van der Waals surface area contributed by atoms with Gasteiger partial charge in [-0.2, -0.15) is 0 Å². The van der Waals surface area contributed by atoms with E-state index in [1.807, 2.05) is 63.5 Å². The van der Waals surface area contributed by atoms with Gasteiger partial charge < -0.3 is 15.2 Å². The summed E-state index contributed by atoms with van der Waals surface area (Å²) < 4.78 is 2.94. The summed E-state index contributed by atoms with van der Waals surface area (Å²) in [6.45, 7) is 10.5. The molecule has 2 aromatic carbocycles. The topological polar surface area (TPSA) is 88.9 Å². The number of anilines is 1. The minimum absolute atomic E-state index is 0.113. The molecule has 0 aliphatic rings. The molecule has 33 heavy (non-hydrogen) atoms. The summed E-state index contributed by atoms with van der Waals surface area (Å²) in [4.78, 5) is 25.1. The van der Waals surface area contributed by atoms with Gasteiger partial charge in [0, 0.05) is 22.3 Å². The van der Waals surface area contributed by atoms with Crippen molar-refractivity contribution >= 4 is 45.2 Å². The zero-order valence-electron chi connectivity index (χ0n) is 19.4. The highest BCUT2D eigenvalue weighted by atomic mass is 79.9. The van der Waals surface area contributed by atoms with E-state index in [-0.39, 0.29) is 23.6 Å².